The summed E-state index contributed by atoms with van der Waals surface area (Å²) in [6.45, 7) is 0.151. The van der Waals surface area contributed by atoms with Crippen LogP contribution in [0.1, 0.15) is 22.3 Å². The first-order valence-corrected chi connectivity index (χ1v) is 9.51. The van der Waals surface area contributed by atoms with Gasteiger partial charge in [-0.25, -0.2) is 9.59 Å². The third kappa shape index (κ3) is 4.37. The van der Waals surface area contributed by atoms with E-state index in [0.29, 0.717) is 12.2 Å². The lowest BCUT2D eigenvalue weighted by atomic mass is 10.0. The average Bonchev–Trinajstić information content (AvgIpc) is 2.80. The number of carbonyl (C=O) groups excluding carboxylic acids is 3. The molecule has 0 aliphatic carbocycles. The normalized spacial score (nSPS) is 12.6. The van der Waals surface area contributed by atoms with Crippen molar-refractivity contribution >= 4 is 29.3 Å². The fourth-order valence-electron chi connectivity index (χ4n) is 3.42. The lowest BCUT2D eigenvalue weighted by Gasteiger charge is -2.29. The number of aryl methyl sites for hydroxylation is 1. The molecule has 0 saturated carbocycles. The SMILES string of the molecule is COC(=O)N(C)c1ccccc1C(=O)OCC(=O)N1CCCc2cc(OC)ccc21. The van der Waals surface area contributed by atoms with Crippen LogP contribution >= 0.6 is 0 Å². The molecule has 8 heteroatoms. The van der Waals surface area contributed by atoms with Gasteiger partial charge in [-0.1, -0.05) is 12.1 Å². The summed E-state index contributed by atoms with van der Waals surface area (Å²) >= 11 is 0. The second-order valence-corrected chi connectivity index (χ2v) is 6.77. The van der Waals surface area contributed by atoms with E-state index in [1.54, 1.807) is 36.3 Å². The number of anilines is 2. The van der Waals surface area contributed by atoms with Crippen LogP contribution in [0.5, 0.6) is 5.75 Å². The smallest absolute Gasteiger partial charge is 0.413 e. The van der Waals surface area contributed by atoms with Gasteiger partial charge >= 0.3 is 12.1 Å². The monoisotopic (exact) mass is 412 g/mol. The van der Waals surface area contributed by atoms with E-state index in [9.17, 15) is 14.4 Å². The number of benzene rings is 2. The highest BCUT2D eigenvalue weighted by Crippen LogP contribution is 2.30. The van der Waals surface area contributed by atoms with Crippen LogP contribution in [0.4, 0.5) is 16.2 Å². The van der Waals surface area contributed by atoms with Gasteiger partial charge in [-0.3, -0.25) is 9.69 Å². The third-order valence-corrected chi connectivity index (χ3v) is 4.97. The van der Waals surface area contributed by atoms with Crippen LogP contribution in [0.25, 0.3) is 0 Å². The van der Waals surface area contributed by atoms with Gasteiger partial charge in [0, 0.05) is 19.3 Å². The fourth-order valence-corrected chi connectivity index (χ4v) is 3.42. The molecule has 1 aliphatic rings. The molecule has 30 heavy (non-hydrogen) atoms. The molecule has 3 rings (SSSR count). The van der Waals surface area contributed by atoms with Crippen molar-refractivity contribution < 1.29 is 28.6 Å². The summed E-state index contributed by atoms with van der Waals surface area (Å²) in [6.07, 6.45) is 1.04. The van der Waals surface area contributed by atoms with E-state index in [4.69, 9.17) is 14.2 Å². The maximum absolute atomic E-state index is 12.8. The molecule has 0 N–H and O–H groups in total. The first-order chi connectivity index (χ1) is 14.5. The quantitative estimate of drug-likeness (QED) is 0.702. The van der Waals surface area contributed by atoms with Crippen molar-refractivity contribution in [2.24, 2.45) is 0 Å². The summed E-state index contributed by atoms with van der Waals surface area (Å²) in [5.74, 6) is -0.268. The number of amides is 2. The minimum Gasteiger partial charge on any atom is -0.497 e. The Balaban J connectivity index is 1.71. The first-order valence-electron chi connectivity index (χ1n) is 9.51. The number of hydrogen-bond acceptors (Lipinski definition) is 6. The minimum atomic E-state index is -0.693. The predicted molar refractivity (Wildman–Crippen MR) is 111 cm³/mol. The summed E-state index contributed by atoms with van der Waals surface area (Å²) in [5.41, 5.74) is 2.32. The molecule has 8 nitrogen and oxygen atoms in total. The number of methoxy groups -OCH3 is 2. The molecule has 0 bridgehead atoms. The zero-order valence-electron chi connectivity index (χ0n) is 17.2. The molecule has 2 aromatic carbocycles. The van der Waals surface area contributed by atoms with E-state index in [2.05, 4.69) is 0 Å². The van der Waals surface area contributed by atoms with Gasteiger partial charge in [0.25, 0.3) is 5.91 Å². The van der Waals surface area contributed by atoms with Crippen LogP contribution in [0.3, 0.4) is 0 Å². The van der Waals surface area contributed by atoms with Crippen LogP contribution in [0, 0.1) is 0 Å². The van der Waals surface area contributed by atoms with E-state index >= 15 is 0 Å². The summed E-state index contributed by atoms with van der Waals surface area (Å²) in [4.78, 5) is 40.0. The van der Waals surface area contributed by atoms with Crippen molar-refractivity contribution in [2.45, 2.75) is 12.8 Å². The highest BCUT2D eigenvalue weighted by Gasteiger charge is 2.25. The Bertz CT molecular complexity index is 958. The molecule has 0 atom stereocenters. The molecule has 0 saturated heterocycles. The Morgan fingerprint density at radius 2 is 1.87 bits per heavy atom. The number of para-hydroxylation sites is 1. The van der Waals surface area contributed by atoms with E-state index in [1.165, 1.54) is 25.1 Å². The number of carbonyl (C=O) groups is 3. The van der Waals surface area contributed by atoms with E-state index in [-0.39, 0.29) is 11.5 Å². The fraction of sp³-hybridized carbons (Fsp3) is 0.318. The molecule has 2 amide bonds. The number of hydrogen-bond donors (Lipinski definition) is 0. The highest BCUT2D eigenvalue weighted by atomic mass is 16.5. The van der Waals surface area contributed by atoms with Crippen LogP contribution in [-0.2, 0) is 20.7 Å². The molecule has 0 aromatic heterocycles. The van der Waals surface area contributed by atoms with Crippen molar-refractivity contribution in [2.75, 3.05) is 44.2 Å². The van der Waals surface area contributed by atoms with Gasteiger partial charge in [-0.15, -0.1) is 0 Å². The summed E-state index contributed by atoms with van der Waals surface area (Å²) in [7, 11) is 4.34. The van der Waals surface area contributed by atoms with E-state index in [0.717, 1.165) is 29.8 Å². The molecule has 2 aromatic rings. The third-order valence-electron chi connectivity index (χ3n) is 4.97. The first kappa shape index (κ1) is 21.2. The lowest BCUT2D eigenvalue weighted by Crippen LogP contribution is -2.38. The lowest BCUT2D eigenvalue weighted by molar-refractivity contribution is -0.121. The Kier molecular flexibility index (Phi) is 6.56. The maximum atomic E-state index is 12.8. The average molecular weight is 412 g/mol. The second kappa shape index (κ2) is 9.30. The molecule has 0 fully saturated rings. The molecular formula is C22H24N2O6. The van der Waals surface area contributed by atoms with Gasteiger partial charge in [0.15, 0.2) is 6.61 Å². The minimum absolute atomic E-state index is 0.169. The van der Waals surface area contributed by atoms with Crippen LogP contribution in [0.2, 0.25) is 0 Å². The molecule has 158 valence electrons. The molecule has 0 unspecified atom stereocenters. The van der Waals surface area contributed by atoms with Crippen LogP contribution < -0.4 is 14.5 Å². The van der Waals surface area contributed by atoms with Crippen molar-refractivity contribution in [1.82, 2.24) is 0 Å². The van der Waals surface area contributed by atoms with Crippen molar-refractivity contribution in [3.63, 3.8) is 0 Å². The largest absolute Gasteiger partial charge is 0.497 e. The molecule has 1 aliphatic heterocycles. The van der Waals surface area contributed by atoms with Crippen LogP contribution in [-0.4, -0.2) is 52.4 Å². The number of esters is 1. The van der Waals surface area contributed by atoms with Gasteiger partial charge in [-0.05, 0) is 48.7 Å². The Morgan fingerprint density at radius 3 is 2.60 bits per heavy atom. The number of fused-ring (bicyclic) bond motifs is 1. The highest BCUT2D eigenvalue weighted by molar-refractivity contribution is 6.02. The molecular weight excluding hydrogens is 388 g/mol. The predicted octanol–water partition coefficient (Wildman–Crippen LogP) is 3.03. The number of nitrogens with zero attached hydrogens (tertiary/aromatic N) is 2. The van der Waals surface area contributed by atoms with Crippen LogP contribution in [0.15, 0.2) is 42.5 Å². The van der Waals surface area contributed by atoms with Crippen molar-refractivity contribution in [1.29, 1.82) is 0 Å². The van der Waals surface area contributed by atoms with Crippen molar-refractivity contribution in [3.05, 3.63) is 53.6 Å². The van der Waals surface area contributed by atoms with E-state index in [1.807, 2.05) is 12.1 Å². The topological polar surface area (TPSA) is 85.4 Å². The van der Waals surface area contributed by atoms with Gasteiger partial charge in [-0.2, -0.15) is 0 Å². The standard InChI is InChI=1S/C22H24N2O6/c1-23(22(27)29-3)19-9-5-4-8-17(19)21(26)30-14-20(25)24-12-6-7-15-13-16(28-2)10-11-18(15)24/h4-5,8-11,13H,6-7,12,14H2,1-3H3. The Morgan fingerprint density at radius 1 is 1.10 bits per heavy atom. The van der Waals surface area contributed by atoms with Gasteiger partial charge in [0.05, 0.1) is 25.5 Å². The Hall–Kier alpha value is -3.55. The molecule has 0 radical (unpaired) electrons. The molecule has 1 heterocycles. The van der Waals surface area contributed by atoms with Gasteiger partial charge in [0.2, 0.25) is 0 Å². The second-order valence-electron chi connectivity index (χ2n) is 6.77. The number of rotatable bonds is 5. The van der Waals surface area contributed by atoms with Gasteiger partial charge < -0.3 is 19.1 Å². The zero-order valence-corrected chi connectivity index (χ0v) is 17.2. The zero-order chi connectivity index (χ0) is 21.7. The molecule has 0 spiro atoms. The summed E-state index contributed by atoms with van der Waals surface area (Å²) in [6, 6.07) is 12.0. The number of ether oxygens (including phenoxy) is 3. The van der Waals surface area contributed by atoms with E-state index < -0.39 is 18.7 Å². The van der Waals surface area contributed by atoms with Crippen molar-refractivity contribution in [3.8, 4) is 5.75 Å². The Labute approximate surface area is 174 Å². The summed E-state index contributed by atoms with van der Waals surface area (Å²) < 4.78 is 15.2. The maximum Gasteiger partial charge on any atom is 0.413 e. The summed E-state index contributed by atoms with van der Waals surface area (Å²) in [5, 5.41) is 0. The van der Waals surface area contributed by atoms with Gasteiger partial charge in [0.1, 0.15) is 5.75 Å².